The largest absolute Gasteiger partial charge is 0.321 e. The quantitative estimate of drug-likeness (QED) is 0.455. The Morgan fingerprint density at radius 2 is 1.86 bits per heavy atom. The molecule has 0 aromatic heterocycles. The van der Waals surface area contributed by atoms with Crippen LogP contribution in [0.5, 0.6) is 0 Å². The number of nitro groups is 1. The number of rotatable bonds is 4. The molecule has 0 unspecified atom stereocenters. The molecule has 0 spiro atoms. The minimum atomic E-state index is -0.491. The standard InChI is InChI=1S/C14H10Br2N2O3/c15-8-9-1-3-10(4-2-9)14(19)17-13-6-5-11(18(20)21)7-12(13)16/h1-7H,8H2,(H,17,19). The van der Waals surface area contributed by atoms with E-state index in [4.69, 9.17) is 0 Å². The van der Waals surface area contributed by atoms with Gasteiger partial charge in [-0.1, -0.05) is 28.1 Å². The molecule has 2 aromatic rings. The van der Waals surface area contributed by atoms with Crippen molar-refractivity contribution < 1.29 is 9.72 Å². The fourth-order valence-corrected chi connectivity index (χ4v) is 2.50. The van der Waals surface area contributed by atoms with Gasteiger partial charge in [0.15, 0.2) is 0 Å². The zero-order valence-corrected chi connectivity index (χ0v) is 13.8. The smallest absolute Gasteiger partial charge is 0.270 e. The molecule has 0 saturated carbocycles. The van der Waals surface area contributed by atoms with E-state index in [0.717, 1.165) is 10.9 Å². The van der Waals surface area contributed by atoms with Gasteiger partial charge in [0.2, 0.25) is 0 Å². The van der Waals surface area contributed by atoms with Gasteiger partial charge in [-0.3, -0.25) is 14.9 Å². The fourth-order valence-electron chi connectivity index (χ4n) is 1.66. The van der Waals surface area contributed by atoms with E-state index in [1.54, 1.807) is 12.1 Å². The van der Waals surface area contributed by atoms with E-state index in [0.29, 0.717) is 15.7 Å². The lowest BCUT2D eigenvalue weighted by molar-refractivity contribution is -0.384. The number of benzene rings is 2. The maximum Gasteiger partial charge on any atom is 0.270 e. The zero-order valence-electron chi connectivity index (χ0n) is 10.7. The number of alkyl halides is 1. The van der Waals surface area contributed by atoms with Crippen LogP contribution in [0.2, 0.25) is 0 Å². The molecule has 2 aromatic carbocycles. The molecular weight excluding hydrogens is 404 g/mol. The van der Waals surface area contributed by atoms with Crippen molar-refractivity contribution in [3.8, 4) is 0 Å². The molecule has 0 atom stereocenters. The summed E-state index contributed by atoms with van der Waals surface area (Å²) in [5, 5.41) is 14.1. The normalized spacial score (nSPS) is 10.2. The van der Waals surface area contributed by atoms with Crippen molar-refractivity contribution >= 4 is 49.1 Å². The van der Waals surface area contributed by atoms with Gasteiger partial charge in [0.05, 0.1) is 10.6 Å². The van der Waals surface area contributed by atoms with E-state index in [2.05, 4.69) is 37.2 Å². The Morgan fingerprint density at radius 3 is 2.38 bits per heavy atom. The average Bonchev–Trinajstić information content (AvgIpc) is 2.49. The molecule has 0 aliphatic heterocycles. The first-order valence-electron chi connectivity index (χ1n) is 5.91. The van der Waals surface area contributed by atoms with E-state index in [1.165, 1.54) is 18.2 Å². The van der Waals surface area contributed by atoms with Crippen LogP contribution >= 0.6 is 31.9 Å². The van der Waals surface area contributed by atoms with Gasteiger partial charge in [0.1, 0.15) is 0 Å². The predicted molar refractivity (Wildman–Crippen MR) is 87.8 cm³/mol. The summed E-state index contributed by atoms with van der Waals surface area (Å²) < 4.78 is 0.460. The number of amides is 1. The Morgan fingerprint density at radius 1 is 1.19 bits per heavy atom. The van der Waals surface area contributed by atoms with Crippen molar-refractivity contribution in [3.05, 3.63) is 68.2 Å². The molecular formula is C14H10Br2N2O3. The van der Waals surface area contributed by atoms with Crippen molar-refractivity contribution in [2.45, 2.75) is 5.33 Å². The van der Waals surface area contributed by atoms with Crippen molar-refractivity contribution in [3.63, 3.8) is 0 Å². The number of nitrogens with one attached hydrogen (secondary N) is 1. The van der Waals surface area contributed by atoms with Gasteiger partial charge in [-0.2, -0.15) is 0 Å². The number of halogens is 2. The number of nitro benzene ring substituents is 1. The van der Waals surface area contributed by atoms with Crippen LogP contribution in [0.25, 0.3) is 0 Å². The lowest BCUT2D eigenvalue weighted by Gasteiger charge is -2.07. The van der Waals surface area contributed by atoms with Crippen LogP contribution in [0.1, 0.15) is 15.9 Å². The Bertz CT molecular complexity index is 687. The van der Waals surface area contributed by atoms with Crippen LogP contribution in [0.3, 0.4) is 0 Å². The van der Waals surface area contributed by atoms with Crippen LogP contribution < -0.4 is 5.32 Å². The fraction of sp³-hybridized carbons (Fsp3) is 0.0714. The van der Waals surface area contributed by atoms with Crippen LogP contribution in [-0.2, 0) is 5.33 Å². The summed E-state index contributed by atoms with van der Waals surface area (Å²) in [5.74, 6) is -0.273. The Hall–Kier alpha value is -1.73. The first kappa shape index (κ1) is 15.7. The number of carbonyl (C=O) groups is 1. The highest BCUT2D eigenvalue weighted by Crippen LogP contribution is 2.27. The van der Waals surface area contributed by atoms with E-state index in [1.807, 2.05) is 12.1 Å². The number of hydrogen-bond acceptors (Lipinski definition) is 3. The summed E-state index contributed by atoms with van der Waals surface area (Å²) in [7, 11) is 0. The van der Waals surface area contributed by atoms with E-state index in [-0.39, 0.29) is 11.6 Å². The maximum atomic E-state index is 12.1. The Labute approximate surface area is 137 Å². The number of non-ortho nitro benzene ring substituents is 1. The first-order chi connectivity index (χ1) is 10.0. The second-order valence-corrected chi connectivity index (χ2v) is 5.62. The number of nitrogens with zero attached hydrogens (tertiary/aromatic N) is 1. The lowest BCUT2D eigenvalue weighted by Crippen LogP contribution is -2.12. The number of carbonyl (C=O) groups excluding carboxylic acids is 1. The molecule has 108 valence electrons. The molecule has 5 nitrogen and oxygen atoms in total. The summed E-state index contributed by atoms with van der Waals surface area (Å²) in [4.78, 5) is 22.3. The summed E-state index contributed by atoms with van der Waals surface area (Å²) in [5.41, 5.74) is 2.03. The zero-order chi connectivity index (χ0) is 15.4. The van der Waals surface area contributed by atoms with Crippen molar-refractivity contribution in [2.75, 3.05) is 5.32 Å². The summed E-state index contributed by atoms with van der Waals surface area (Å²) in [6.07, 6.45) is 0. The van der Waals surface area contributed by atoms with Crippen LogP contribution in [-0.4, -0.2) is 10.8 Å². The highest BCUT2D eigenvalue weighted by Gasteiger charge is 2.12. The molecule has 1 N–H and O–H groups in total. The average molecular weight is 414 g/mol. The molecule has 0 fully saturated rings. The number of anilines is 1. The van der Waals surface area contributed by atoms with E-state index >= 15 is 0 Å². The minimum Gasteiger partial charge on any atom is -0.321 e. The predicted octanol–water partition coefficient (Wildman–Crippen LogP) is 4.50. The van der Waals surface area contributed by atoms with Crippen LogP contribution in [0.15, 0.2) is 46.9 Å². The maximum absolute atomic E-state index is 12.1. The van der Waals surface area contributed by atoms with Crippen molar-refractivity contribution in [1.29, 1.82) is 0 Å². The van der Waals surface area contributed by atoms with E-state index in [9.17, 15) is 14.9 Å². The topological polar surface area (TPSA) is 72.2 Å². The SMILES string of the molecule is O=C(Nc1ccc([N+](=O)[O-])cc1Br)c1ccc(CBr)cc1. The number of hydrogen-bond donors (Lipinski definition) is 1. The Kier molecular flexibility index (Phi) is 5.08. The third-order valence-electron chi connectivity index (χ3n) is 2.78. The van der Waals surface area contributed by atoms with E-state index < -0.39 is 4.92 Å². The van der Waals surface area contributed by atoms with Gasteiger partial charge < -0.3 is 5.32 Å². The third-order valence-corrected chi connectivity index (χ3v) is 4.09. The minimum absolute atomic E-state index is 0.0402. The van der Waals surface area contributed by atoms with Crippen molar-refractivity contribution in [2.24, 2.45) is 0 Å². The van der Waals surface area contributed by atoms with Gasteiger partial charge in [0.25, 0.3) is 11.6 Å². The second-order valence-electron chi connectivity index (χ2n) is 4.21. The summed E-state index contributed by atoms with van der Waals surface area (Å²) in [6, 6.07) is 11.4. The van der Waals surface area contributed by atoms with Crippen LogP contribution in [0.4, 0.5) is 11.4 Å². The highest BCUT2D eigenvalue weighted by atomic mass is 79.9. The molecule has 0 aliphatic carbocycles. The van der Waals surface area contributed by atoms with Crippen molar-refractivity contribution in [1.82, 2.24) is 0 Å². The molecule has 0 heterocycles. The molecule has 2 rings (SSSR count). The van der Waals surface area contributed by atoms with Gasteiger partial charge in [-0.05, 0) is 39.7 Å². The van der Waals surface area contributed by atoms with Crippen LogP contribution in [0, 0.1) is 10.1 Å². The third kappa shape index (κ3) is 3.89. The molecule has 0 aliphatic rings. The van der Waals surface area contributed by atoms with Gasteiger partial charge in [0, 0.05) is 27.5 Å². The van der Waals surface area contributed by atoms with Gasteiger partial charge in [-0.25, -0.2) is 0 Å². The Balaban J connectivity index is 2.17. The molecule has 0 radical (unpaired) electrons. The summed E-state index contributed by atoms with van der Waals surface area (Å²) in [6.45, 7) is 0. The van der Waals surface area contributed by atoms with Gasteiger partial charge >= 0.3 is 0 Å². The molecule has 0 bridgehead atoms. The lowest BCUT2D eigenvalue weighted by atomic mass is 10.1. The molecule has 21 heavy (non-hydrogen) atoms. The second kappa shape index (κ2) is 6.82. The monoisotopic (exact) mass is 412 g/mol. The molecule has 1 amide bonds. The first-order valence-corrected chi connectivity index (χ1v) is 7.83. The summed E-state index contributed by atoms with van der Waals surface area (Å²) >= 11 is 6.55. The van der Waals surface area contributed by atoms with Gasteiger partial charge in [-0.15, -0.1) is 0 Å². The molecule has 7 heteroatoms. The highest BCUT2D eigenvalue weighted by molar-refractivity contribution is 9.10. The molecule has 0 saturated heterocycles.